The number of carbonyl (C=O) groups excluding carboxylic acids is 1. The van der Waals surface area contributed by atoms with Gasteiger partial charge in [-0.05, 0) is 41.5 Å². The number of guanidine groups is 1. The van der Waals surface area contributed by atoms with Crippen molar-refractivity contribution in [2.24, 2.45) is 10.4 Å². The number of methoxy groups -OCH3 is 1. The fraction of sp³-hybridized carbons (Fsp3) is 0.867. The highest BCUT2D eigenvalue weighted by Gasteiger charge is 2.27. The third-order valence-corrected chi connectivity index (χ3v) is 3.16. The molecular weight excluding hydrogens is 268 g/mol. The first-order chi connectivity index (χ1) is 9.68. The van der Waals surface area contributed by atoms with E-state index in [1.54, 1.807) is 7.11 Å². The molecule has 0 fully saturated rings. The Morgan fingerprint density at radius 3 is 2.10 bits per heavy atom. The van der Waals surface area contributed by atoms with Crippen molar-refractivity contribution in [1.29, 1.82) is 0 Å². The molecule has 0 bridgehead atoms. The van der Waals surface area contributed by atoms with E-state index in [0.717, 1.165) is 6.54 Å². The van der Waals surface area contributed by atoms with E-state index in [2.05, 4.69) is 20.9 Å². The highest BCUT2D eigenvalue weighted by molar-refractivity contribution is 5.84. The summed E-state index contributed by atoms with van der Waals surface area (Å²) in [7, 11) is 1.67. The highest BCUT2D eigenvalue weighted by atomic mass is 16.5. The number of hydrogen-bond donors (Lipinski definition) is 3. The Kier molecular flexibility index (Phi) is 8.32. The summed E-state index contributed by atoms with van der Waals surface area (Å²) in [4.78, 5) is 16.5. The van der Waals surface area contributed by atoms with Gasteiger partial charge in [0.15, 0.2) is 5.96 Å². The summed E-state index contributed by atoms with van der Waals surface area (Å²) in [6.07, 6.45) is 0. The molecule has 0 aromatic carbocycles. The second-order valence-corrected chi connectivity index (χ2v) is 6.26. The smallest absolute Gasteiger partial charge is 0.227 e. The summed E-state index contributed by atoms with van der Waals surface area (Å²) in [5.41, 5.74) is -0.805. The van der Waals surface area contributed by atoms with Gasteiger partial charge in [0.25, 0.3) is 0 Å². The Labute approximate surface area is 129 Å². The van der Waals surface area contributed by atoms with E-state index in [4.69, 9.17) is 4.74 Å². The minimum atomic E-state index is -0.497. The van der Waals surface area contributed by atoms with Crippen LogP contribution in [-0.4, -0.2) is 50.8 Å². The Hall–Kier alpha value is -1.30. The maximum absolute atomic E-state index is 12.0. The Morgan fingerprint density at radius 2 is 1.62 bits per heavy atom. The maximum atomic E-state index is 12.0. The van der Waals surface area contributed by atoms with E-state index >= 15 is 0 Å². The molecule has 0 saturated heterocycles. The van der Waals surface area contributed by atoms with E-state index < -0.39 is 5.41 Å². The zero-order chi connectivity index (χ0) is 16.5. The van der Waals surface area contributed by atoms with Crippen molar-refractivity contribution in [3.05, 3.63) is 0 Å². The monoisotopic (exact) mass is 300 g/mol. The van der Waals surface area contributed by atoms with Crippen LogP contribution in [0.15, 0.2) is 4.99 Å². The van der Waals surface area contributed by atoms with Crippen molar-refractivity contribution < 1.29 is 9.53 Å². The molecule has 3 N–H and O–H groups in total. The molecule has 0 spiro atoms. The number of nitrogens with zero attached hydrogens (tertiary/aromatic N) is 1. The molecule has 0 atom stereocenters. The minimum absolute atomic E-state index is 0.0329. The van der Waals surface area contributed by atoms with Crippen LogP contribution in [-0.2, 0) is 9.53 Å². The number of amides is 1. The molecule has 0 radical (unpaired) electrons. The molecule has 0 aromatic heterocycles. The average molecular weight is 300 g/mol. The highest BCUT2D eigenvalue weighted by Crippen LogP contribution is 2.13. The van der Waals surface area contributed by atoms with Gasteiger partial charge in [-0.2, -0.15) is 0 Å². The summed E-state index contributed by atoms with van der Waals surface area (Å²) in [6.45, 7) is 14.2. The molecule has 124 valence electrons. The molecule has 21 heavy (non-hydrogen) atoms. The molecule has 0 rings (SSSR count). The van der Waals surface area contributed by atoms with Gasteiger partial charge in [-0.15, -0.1) is 0 Å². The lowest BCUT2D eigenvalue weighted by Crippen LogP contribution is -2.48. The lowest BCUT2D eigenvalue weighted by Gasteiger charge is -2.25. The molecule has 6 nitrogen and oxygen atoms in total. The van der Waals surface area contributed by atoms with Gasteiger partial charge in [-0.1, -0.05) is 0 Å². The van der Waals surface area contributed by atoms with Crippen molar-refractivity contribution in [2.75, 3.05) is 33.3 Å². The lowest BCUT2D eigenvalue weighted by atomic mass is 9.92. The molecule has 6 heteroatoms. The van der Waals surface area contributed by atoms with Crippen LogP contribution in [0, 0.1) is 5.41 Å². The van der Waals surface area contributed by atoms with Crippen LogP contribution < -0.4 is 16.0 Å². The number of nitrogens with one attached hydrogen (secondary N) is 3. The Morgan fingerprint density at radius 1 is 1.05 bits per heavy atom. The van der Waals surface area contributed by atoms with Crippen molar-refractivity contribution in [1.82, 2.24) is 16.0 Å². The van der Waals surface area contributed by atoms with Gasteiger partial charge < -0.3 is 20.7 Å². The number of rotatable bonds is 8. The summed E-state index contributed by atoms with van der Waals surface area (Å²) < 4.78 is 5.36. The third-order valence-electron chi connectivity index (χ3n) is 3.16. The lowest BCUT2D eigenvalue weighted by molar-refractivity contribution is -0.128. The van der Waals surface area contributed by atoms with Gasteiger partial charge in [0.2, 0.25) is 5.91 Å². The maximum Gasteiger partial charge on any atom is 0.227 e. The number of carbonyl (C=O) groups is 1. The van der Waals surface area contributed by atoms with Gasteiger partial charge in [0.05, 0.1) is 17.6 Å². The molecule has 0 aliphatic carbocycles. The molecule has 0 aliphatic heterocycles. The van der Waals surface area contributed by atoms with Crippen molar-refractivity contribution in [3.8, 4) is 0 Å². The van der Waals surface area contributed by atoms with E-state index in [0.29, 0.717) is 25.6 Å². The molecule has 0 saturated carbocycles. The topological polar surface area (TPSA) is 74.8 Å². The first kappa shape index (κ1) is 19.7. The van der Waals surface area contributed by atoms with Crippen LogP contribution in [0.25, 0.3) is 0 Å². The van der Waals surface area contributed by atoms with Gasteiger partial charge in [0.1, 0.15) is 0 Å². The molecule has 0 unspecified atom stereocenters. The predicted octanol–water partition coefficient (Wildman–Crippen LogP) is 1.13. The van der Waals surface area contributed by atoms with E-state index in [1.807, 2.05) is 41.5 Å². The van der Waals surface area contributed by atoms with Gasteiger partial charge in [-0.25, -0.2) is 0 Å². The molecule has 0 aliphatic rings. The SMILES string of the molecule is CCNC(=O)C(C)(C)CNC(=NCC(C)(C)OC)NCC. The first-order valence-corrected chi connectivity index (χ1v) is 7.54. The van der Waals surface area contributed by atoms with Crippen LogP contribution in [0.4, 0.5) is 0 Å². The van der Waals surface area contributed by atoms with Gasteiger partial charge in [-0.3, -0.25) is 9.79 Å². The fourth-order valence-corrected chi connectivity index (χ4v) is 1.46. The van der Waals surface area contributed by atoms with Crippen molar-refractivity contribution in [3.63, 3.8) is 0 Å². The fourth-order valence-electron chi connectivity index (χ4n) is 1.46. The molecule has 0 heterocycles. The third kappa shape index (κ3) is 7.90. The molecule has 0 aromatic rings. The summed E-state index contributed by atoms with van der Waals surface area (Å²) in [6, 6.07) is 0. The van der Waals surface area contributed by atoms with E-state index in [9.17, 15) is 4.79 Å². The largest absolute Gasteiger partial charge is 0.377 e. The standard InChI is InChI=1S/C15H32N4O2/c1-8-16-12(20)14(3,4)10-18-13(17-9-2)19-11-15(5,6)21-7/h8-11H2,1-7H3,(H,16,20)(H2,17,18,19). The van der Waals surface area contributed by atoms with E-state index in [1.165, 1.54) is 0 Å². The summed E-state index contributed by atoms with van der Waals surface area (Å²) >= 11 is 0. The molecule has 1 amide bonds. The zero-order valence-electron chi connectivity index (χ0n) is 14.6. The van der Waals surface area contributed by atoms with Crippen LogP contribution in [0.2, 0.25) is 0 Å². The normalized spacial score (nSPS) is 13.0. The average Bonchev–Trinajstić information content (AvgIpc) is 2.42. The second-order valence-electron chi connectivity index (χ2n) is 6.26. The van der Waals surface area contributed by atoms with Gasteiger partial charge in [0, 0.05) is 26.7 Å². The first-order valence-electron chi connectivity index (χ1n) is 7.54. The Balaban J connectivity index is 4.64. The van der Waals surface area contributed by atoms with Crippen LogP contribution in [0.5, 0.6) is 0 Å². The Bertz CT molecular complexity index is 352. The second kappa shape index (κ2) is 8.87. The predicted molar refractivity (Wildman–Crippen MR) is 87.5 cm³/mol. The quantitative estimate of drug-likeness (QED) is 0.464. The van der Waals surface area contributed by atoms with Crippen molar-refractivity contribution >= 4 is 11.9 Å². The molecular formula is C15H32N4O2. The van der Waals surface area contributed by atoms with Gasteiger partial charge >= 0.3 is 0 Å². The van der Waals surface area contributed by atoms with Crippen molar-refractivity contribution in [2.45, 2.75) is 47.1 Å². The van der Waals surface area contributed by atoms with Crippen LogP contribution >= 0.6 is 0 Å². The number of ether oxygens (including phenoxy) is 1. The number of hydrogen-bond acceptors (Lipinski definition) is 3. The minimum Gasteiger partial charge on any atom is -0.377 e. The van der Waals surface area contributed by atoms with Crippen LogP contribution in [0.1, 0.15) is 41.5 Å². The summed E-state index contributed by atoms with van der Waals surface area (Å²) in [5, 5.41) is 9.24. The van der Waals surface area contributed by atoms with E-state index in [-0.39, 0.29) is 11.5 Å². The summed E-state index contributed by atoms with van der Waals surface area (Å²) in [5.74, 6) is 0.727. The van der Waals surface area contributed by atoms with Crippen LogP contribution in [0.3, 0.4) is 0 Å². The number of aliphatic imine (C=N–C) groups is 1. The zero-order valence-corrected chi connectivity index (χ0v) is 14.6.